The van der Waals surface area contributed by atoms with Crippen molar-refractivity contribution >= 4 is 16.0 Å². The van der Waals surface area contributed by atoms with E-state index < -0.39 is 16.0 Å². The van der Waals surface area contributed by atoms with Crippen LogP contribution in [0.1, 0.15) is 28.8 Å². The fourth-order valence-corrected chi connectivity index (χ4v) is 4.11. The molecule has 21 heavy (non-hydrogen) atoms. The number of ether oxygens (including phenoxy) is 1. The molecule has 0 bridgehead atoms. The summed E-state index contributed by atoms with van der Waals surface area (Å²) in [6.07, 6.45) is 1.33. The van der Waals surface area contributed by atoms with Crippen LogP contribution in [0.4, 0.5) is 0 Å². The predicted octanol–water partition coefficient (Wildman–Crippen LogP) is 0.893. The summed E-state index contributed by atoms with van der Waals surface area (Å²) < 4.78 is 31.4. The normalized spacial score (nSPS) is 17.7. The third-order valence-corrected chi connectivity index (χ3v) is 5.77. The summed E-state index contributed by atoms with van der Waals surface area (Å²) in [6, 6.07) is 4.54. The van der Waals surface area contributed by atoms with Gasteiger partial charge in [0.2, 0.25) is 10.0 Å². The number of nitrogens with two attached hydrogens (primary N) is 1. The molecule has 1 fully saturated rings. The third-order valence-electron chi connectivity index (χ3n) is 3.71. The van der Waals surface area contributed by atoms with E-state index in [1.54, 1.807) is 6.92 Å². The standard InChI is InChI=1S/C14H20N2O4S/c1-10-9-11(14(17)20-2)3-4-13(10)21(18,19)16-7-5-12(15)6-8-16/h3-4,9,12H,5-8,15H2,1-2H3. The number of piperidine rings is 1. The van der Waals surface area contributed by atoms with Crippen molar-refractivity contribution in [3.05, 3.63) is 29.3 Å². The van der Waals surface area contributed by atoms with E-state index in [0.29, 0.717) is 37.1 Å². The van der Waals surface area contributed by atoms with Gasteiger partial charge in [0.1, 0.15) is 0 Å². The van der Waals surface area contributed by atoms with Gasteiger partial charge in [-0.1, -0.05) is 0 Å². The molecule has 0 aliphatic carbocycles. The Morgan fingerprint density at radius 2 is 1.95 bits per heavy atom. The van der Waals surface area contributed by atoms with Crippen LogP contribution in [0.3, 0.4) is 0 Å². The van der Waals surface area contributed by atoms with Crippen molar-refractivity contribution in [2.75, 3.05) is 20.2 Å². The van der Waals surface area contributed by atoms with Gasteiger partial charge in [-0.25, -0.2) is 13.2 Å². The second kappa shape index (κ2) is 6.13. The molecule has 7 heteroatoms. The molecule has 2 N–H and O–H groups in total. The van der Waals surface area contributed by atoms with Gasteiger partial charge in [-0.05, 0) is 43.5 Å². The Kier molecular flexibility index (Phi) is 4.65. The van der Waals surface area contributed by atoms with Gasteiger partial charge in [-0.15, -0.1) is 0 Å². The number of carbonyl (C=O) groups excluding carboxylic acids is 1. The first-order valence-electron chi connectivity index (χ1n) is 6.81. The van der Waals surface area contributed by atoms with E-state index in [4.69, 9.17) is 5.73 Å². The largest absolute Gasteiger partial charge is 0.465 e. The monoisotopic (exact) mass is 312 g/mol. The summed E-state index contributed by atoms with van der Waals surface area (Å²) in [6.45, 7) is 2.54. The van der Waals surface area contributed by atoms with Gasteiger partial charge >= 0.3 is 5.97 Å². The number of sulfonamides is 1. The van der Waals surface area contributed by atoms with E-state index in [1.807, 2.05) is 0 Å². The average Bonchev–Trinajstić information content (AvgIpc) is 2.46. The maximum Gasteiger partial charge on any atom is 0.337 e. The van der Waals surface area contributed by atoms with E-state index in [9.17, 15) is 13.2 Å². The molecule has 0 unspecified atom stereocenters. The number of rotatable bonds is 3. The zero-order chi connectivity index (χ0) is 15.6. The molecule has 1 aromatic carbocycles. The zero-order valence-corrected chi connectivity index (χ0v) is 13.0. The van der Waals surface area contributed by atoms with Crippen molar-refractivity contribution in [1.29, 1.82) is 0 Å². The molecule has 1 saturated heterocycles. The lowest BCUT2D eigenvalue weighted by Gasteiger charge is -2.29. The Morgan fingerprint density at radius 3 is 2.48 bits per heavy atom. The highest BCUT2D eigenvalue weighted by molar-refractivity contribution is 7.89. The van der Waals surface area contributed by atoms with Gasteiger partial charge in [-0.2, -0.15) is 4.31 Å². The molecule has 1 aliphatic rings. The minimum absolute atomic E-state index is 0.0687. The van der Waals surface area contributed by atoms with Gasteiger partial charge < -0.3 is 10.5 Å². The van der Waals surface area contributed by atoms with Crippen LogP contribution in [0.2, 0.25) is 0 Å². The second-order valence-corrected chi connectivity index (χ2v) is 7.12. The highest BCUT2D eigenvalue weighted by Crippen LogP contribution is 2.24. The molecule has 0 aromatic heterocycles. The molecule has 0 radical (unpaired) electrons. The summed E-state index contributed by atoms with van der Waals surface area (Å²) in [5, 5.41) is 0. The lowest BCUT2D eigenvalue weighted by Crippen LogP contribution is -2.42. The summed E-state index contributed by atoms with van der Waals surface area (Å²) in [4.78, 5) is 11.7. The highest BCUT2D eigenvalue weighted by Gasteiger charge is 2.29. The number of esters is 1. The average molecular weight is 312 g/mol. The third kappa shape index (κ3) is 3.25. The topological polar surface area (TPSA) is 89.7 Å². The van der Waals surface area contributed by atoms with Gasteiger partial charge in [0.25, 0.3) is 0 Å². The number of hydrogen-bond acceptors (Lipinski definition) is 5. The maximum atomic E-state index is 12.6. The molecule has 6 nitrogen and oxygen atoms in total. The van der Waals surface area contributed by atoms with Crippen molar-refractivity contribution < 1.29 is 17.9 Å². The SMILES string of the molecule is COC(=O)c1ccc(S(=O)(=O)N2CCC(N)CC2)c(C)c1. The van der Waals surface area contributed by atoms with Gasteiger partial charge in [-0.3, -0.25) is 0 Å². The zero-order valence-electron chi connectivity index (χ0n) is 12.2. The Bertz CT molecular complexity index is 634. The summed E-state index contributed by atoms with van der Waals surface area (Å²) in [7, 11) is -2.25. The van der Waals surface area contributed by atoms with Crippen molar-refractivity contribution in [1.82, 2.24) is 4.31 Å². The van der Waals surface area contributed by atoms with Crippen LogP contribution < -0.4 is 5.73 Å². The number of benzene rings is 1. The van der Waals surface area contributed by atoms with Gasteiger partial charge in [0.05, 0.1) is 17.6 Å². The first-order valence-corrected chi connectivity index (χ1v) is 8.25. The summed E-state index contributed by atoms with van der Waals surface area (Å²) in [5.41, 5.74) is 6.68. The van der Waals surface area contributed by atoms with Crippen LogP contribution in [-0.2, 0) is 14.8 Å². The number of carbonyl (C=O) groups is 1. The first-order chi connectivity index (χ1) is 9.86. The maximum absolute atomic E-state index is 12.6. The molecule has 2 rings (SSSR count). The molecule has 1 aromatic rings. The smallest absolute Gasteiger partial charge is 0.337 e. The molecule has 1 aliphatic heterocycles. The van der Waals surface area contributed by atoms with Gasteiger partial charge in [0.15, 0.2) is 0 Å². The van der Waals surface area contributed by atoms with Crippen LogP contribution >= 0.6 is 0 Å². The van der Waals surface area contributed by atoms with E-state index >= 15 is 0 Å². The molecule has 0 saturated carbocycles. The Morgan fingerprint density at radius 1 is 1.33 bits per heavy atom. The van der Waals surface area contributed by atoms with Crippen molar-refractivity contribution in [2.45, 2.75) is 30.7 Å². The number of aryl methyl sites for hydroxylation is 1. The molecular formula is C14H20N2O4S. The Hall–Kier alpha value is -1.44. The van der Waals surface area contributed by atoms with Crippen LogP contribution in [-0.4, -0.2) is 44.9 Å². The minimum Gasteiger partial charge on any atom is -0.465 e. The molecule has 0 amide bonds. The fraction of sp³-hybridized carbons (Fsp3) is 0.500. The number of hydrogen-bond donors (Lipinski definition) is 1. The van der Waals surface area contributed by atoms with Crippen LogP contribution in [0.25, 0.3) is 0 Å². The van der Waals surface area contributed by atoms with Crippen molar-refractivity contribution in [3.8, 4) is 0 Å². The predicted molar refractivity (Wildman–Crippen MR) is 78.5 cm³/mol. The minimum atomic E-state index is -3.54. The lowest BCUT2D eigenvalue weighted by molar-refractivity contribution is 0.0600. The molecule has 1 heterocycles. The van der Waals surface area contributed by atoms with E-state index in [2.05, 4.69) is 4.74 Å². The molecule has 116 valence electrons. The fourth-order valence-electron chi connectivity index (χ4n) is 2.44. The summed E-state index contributed by atoms with van der Waals surface area (Å²) >= 11 is 0. The second-order valence-electron chi connectivity index (χ2n) is 5.21. The Labute approximate surface area is 124 Å². The molecular weight excluding hydrogens is 292 g/mol. The van der Waals surface area contributed by atoms with Crippen molar-refractivity contribution in [2.24, 2.45) is 5.73 Å². The van der Waals surface area contributed by atoms with Crippen LogP contribution in [0.15, 0.2) is 23.1 Å². The quantitative estimate of drug-likeness (QED) is 0.837. The number of nitrogens with zero attached hydrogens (tertiary/aromatic N) is 1. The van der Waals surface area contributed by atoms with Crippen LogP contribution in [0.5, 0.6) is 0 Å². The lowest BCUT2D eigenvalue weighted by atomic mass is 10.1. The van der Waals surface area contributed by atoms with Gasteiger partial charge in [0, 0.05) is 19.1 Å². The van der Waals surface area contributed by atoms with E-state index in [0.717, 1.165) is 0 Å². The number of methoxy groups -OCH3 is 1. The van der Waals surface area contributed by atoms with E-state index in [-0.39, 0.29) is 10.9 Å². The summed E-state index contributed by atoms with van der Waals surface area (Å²) in [5.74, 6) is -0.481. The highest BCUT2D eigenvalue weighted by atomic mass is 32.2. The van der Waals surface area contributed by atoms with Crippen LogP contribution in [0, 0.1) is 6.92 Å². The van der Waals surface area contributed by atoms with E-state index in [1.165, 1.54) is 29.6 Å². The molecule has 0 spiro atoms. The first kappa shape index (κ1) is 15.9. The van der Waals surface area contributed by atoms with Crippen molar-refractivity contribution in [3.63, 3.8) is 0 Å². The molecule has 0 atom stereocenters. The Balaban J connectivity index is 2.30.